The van der Waals surface area contributed by atoms with Crippen LogP contribution in [0.25, 0.3) is 6.08 Å². The zero-order valence-corrected chi connectivity index (χ0v) is 15.8. The highest BCUT2D eigenvalue weighted by atomic mass is 16.5. The van der Waals surface area contributed by atoms with Gasteiger partial charge in [-0.3, -0.25) is 0 Å². The quantitative estimate of drug-likeness (QED) is 0.599. The van der Waals surface area contributed by atoms with Crippen molar-refractivity contribution in [3.63, 3.8) is 0 Å². The summed E-state index contributed by atoms with van der Waals surface area (Å²) < 4.78 is 21.5. The minimum absolute atomic E-state index is 0.726. The lowest BCUT2D eigenvalue weighted by Crippen LogP contribution is -1.95. The first-order chi connectivity index (χ1) is 12.7. The molecule has 0 N–H and O–H groups in total. The van der Waals surface area contributed by atoms with Crippen LogP contribution in [0.3, 0.4) is 0 Å². The van der Waals surface area contributed by atoms with Crippen LogP contribution < -0.4 is 18.9 Å². The Morgan fingerprint density at radius 3 is 2.04 bits per heavy atom. The molecular weight excluding hydrogens is 328 g/mol. The molecule has 0 unspecified atom stereocenters. The average Bonchev–Trinajstić information content (AvgIpc) is 2.69. The molecule has 0 aliphatic rings. The lowest BCUT2D eigenvalue weighted by Gasteiger charge is -2.11. The lowest BCUT2D eigenvalue weighted by molar-refractivity contribution is 0.351. The number of methoxy groups -OCH3 is 4. The molecule has 2 aromatic rings. The molecule has 0 aromatic heterocycles. The Morgan fingerprint density at radius 1 is 0.731 bits per heavy atom. The molecule has 138 valence electrons. The number of hydrogen-bond acceptors (Lipinski definition) is 4. The van der Waals surface area contributed by atoms with Gasteiger partial charge in [-0.05, 0) is 30.5 Å². The van der Waals surface area contributed by atoms with Crippen LogP contribution in [0.15, 0.2) is 54.6 Å². The van der Waals surface area contributed by atoms with E-state index in [4.69, 9.17) is 18.9 Å². The molecule has 26 heavy (non-hydrogen) atoms. The van der Waals surface area contributed by atoms with E-state index in [1.807, 2.05) is 48.6 Å². The first-order valence-corrected chi connectivity index (χ1v) is 8.49. The summed E-state index contributed by atoms with van der Waals surface area (Å²) in [6.45, 7) is 0. The highest BCUT2D eigenvalue weighted by Crippen LogP contribution is 2.32. The minimum Gasteiger partial charge on any atom is -0.493 e. The molecule has 0 saturated carbocycles. The number of ether oxygens (including phenoxy) is 4. The SMILES string of the molecule is COc1cccc(/C=C/C=C/CCc2cccc(OC)c2OC)c1OC. The van der Waals surface area contributed by atoms with Gasteiger partial charge in [-0.25, -0.2) is 0 Å². The third-order valence-corrected chi connectivity index (χ3v) is 4.02. The van der Waals surface area contributed by atoms with Gasteiger partial charge in [0.2, 0.25) is 0 Å². The summed E-state index contributed by atoms with van der Waals surface area (Å²) in [5.74, 6) is 3.03. The molecule has 0 spiro atoms. The van der Waals surface area contributed by atoms with Crippen molar-refractivity contribution in [1.29, 1.82) is 0 Å². The van der Waals surface area contributed by atoms with Crippen molar-refractivity contribution in [2.24, 2.45) is 0 Å². The second kappa shape index (κ2) is 10.2. The molecule has 0 heterocycles. The molecule has 2 rings (SSSR count). The molecule has 0 atom stereocenters. The first-order valence-electron chi connectivity index (χ1n) is 8.49. The van der Waals surface area contributed by atoms with E-state index in [9.17, 15) is 0 Å². The molecule has 0 amide bonds. The molecule has 0 aliphatic carbocycles. The van der Waals surface area contributed by atoms with E-state index in [-0.39, 0.29) is 0 Å². The monoisotopic (exact) mass is 354 g/mol. The Kier molecular flexibility index (Phi) is 7.62. The van der Waals surface area contributed by atoms with E-state index in [1.54, 1.807) is 28.4 Å². The van der Waals surface area contributed by atoms with Crippen molar-refractivity contribution in [2.45, 2.75) is 12.8 Å². The van der Waals surface area contributed by atoms with Crippen LogP contribution in [0.5, 0.6) is 23.0 Å². The van der Waals surface area contributed by atoms with Gasteiger partial charge in [0, 0.05) is 5.56 Å². The summed E-state index contributed by atoms with van der Waals surface area (Å²) >= 11 is 0. The van der Waals surface area contributed by atoms with Crippen LogP contribution in [0, 0.1) is 0 Å². The van der Waals surface area contributed by atoms with E-state index in [0.29, 0.717) is 0 Å². The topological polar surface area (TPSA) is 36.9 Å². The summed E-state index contributed by atoms with van der Waals surface area (Å²) in [5.41, 5.74) is 2.11. The van der Waals surface area contributed by atoms with Crippen molar-refractivity contribution < 1.29 is 18.9 Å². The van der Waals surface area contributed by atoms with Crippen LogP contribution in [0.4, 0.5) is 0 Å². The summed E-state index contributed by atoms with van der Waals surface area (Å²) in [7, 11) is 6.60. The normalized spacial score (nSPS) is 11.1. The zero-order chi connectivity index (χ0) is 18.8. The Bertz CT molecular complexity index is 763. The van der Waals surface area contributed by atoms with E-state index in [2.05, 4.69) is 12.1 Å². The van der Waals surface area contributed by atoms with Crippen LogP contribution in [0.1, 0.15) is 17.5 Å². The van der Waals surface area contributed by atoms with Gasteiger partial charge in [-0.15, -0.1) is 0 Å². The van der Waals surface area contributed by atoms with Crippen molar-refractivity contribution >= 4 is 6.08 Å². The fraction of sp³-hybridized carbons (Fsp3) is 0.273. The molecule has 0 aliphatic heterocycles. The van der Waals surface area contributed by atoms with Crippen LogP contribution in [0.2, 0.25) is 0 Å². The van der Waals surface area contributed by atoms with E-state index >= 15 is 0 Å². The lowest BCUT2D eigenvalue weighted by atomic mass is 10.1. The summed E-state index contributed by atoms with van der Waals surface area (Å²) in [5, 5.41) is 0. The molecule has 2 aromatic carbocycles. The maximum Gasteiger partial charge on any atom is 0.167 e. The van der Waals surface area contributed by atoms with Gasteiger partial charge in [0.25, 0.3) is 0 Å². The standard InChI is InChI=1S/C22H26O4/c1-23-19-15-9-13-17(21(19)25-3)11-7-5-6-8-12-18-14-10-16-20(24-2)22(18)26-4/h5-7,9-11,13-16H,8,12H2,1-4H3/b6-5+,11-7+. The van der Waals surface area contributed by atoms with E-state index < -0.39 is 0 Å². The average molecular weight is 354 g/mol. The van der Waals surface area contributed by atoms with E-state index in [1.165, 1.54) is 0 Å². The number of hydrogen-bond donors (Lipinski definition) is 0. The van der Waals surface area contributed by atoms with Gasteiger partial charge in [0.05, 0.1) is 28.4 Å². The zero-order valence-electron chi connectivity index (χ0n) is 15.8. The fourth-order valence-electron chi connectivity index (χ4n) is 2.77. The van der Waals surface area contributed by atoms with Gasteiger partial charge in [-0.1, -0.05) is 48.6 Å². The summed E-state index contributed by atoms with van der Waals surface area (Å²) in [6.07, 6.45) is 9.95. The first kappa shape index (κ1) is 19.4. The van der Waals surface area contributed by atoms with Crippen molar-refractivity contribution in [3.05, 3.63) is 65.8 Å². The Labute approximate surface area is 155 Å². The Hall–Kier alpha value is -2.88. The predicted molar refractivity (Wildman–Crippen MR) is 106 cm³/mol. The smallest absolute Gasteiger partial charge is 0.167 e. The summed E-state index contributed by atoms with van der Waals surface area (Å²) in [4.78, 5) is 0. The number of benzene rings is 2. The maximum absolute atomic E-state index is 5.46. The van der Waals surface area contributed by atoms with Crippen LogP contribution in [-0.4, -0.2) is 28.4 Å². The van der Waals surface area contributed by atoms with Gasteiger partial charge in [-0.2, -0.15) is 0 Å². The van der Waals surface area contributed by atoms with Crippen LogP contribution >= 0.6 is 0 Å². The van der Waals surface area contributed by atoms with Crippen molar-refractivity contribution in [1.82, 2.24) is 0 Å². The third-order valence-electron chi connectivity index (χ3n) is 4.02. The molecule has 4 heteroatoms. The van der Waals surface area contributed by atoms with Crippen LogP contribution in [-0.2, 0) is 6.42 Å². The van der Waals surface area contributed by atoms with Crippen molar-refractivity contribution in [3.8, 4) is 23.0 Å². The van der Waals surface area contributed by atoms with Crippen molar-refractivity contribution in [2.75, 3.05) is 28.4 Å². The molecule has 0 bridgehead atoms. The summed E-state index contributed by atoms with van der Waals surface area (Å²) in [6, 6.07) is 11.8. The fourth-order valence-corrected chi connectivity index (χ4v) is 2.77. The molecular formula is C22H26O4. The van der Waals surface area contributed by atoms with E-state index in [0.717, 1.165) is 47.0 Å². The number of para-hydroxylation sites is 2. The molecule has 0 saturated heterocycles. The predicted octanol–water partition coefficient (Wildman–Crippen LogP) is 4.92. The van der Waals surface area contributed by atoms with Gasteiger partial charge >= 0.3 is 0 Å². The molecule has 0 radical (unpaired) electrons. The highest BCUT2D eigenvalue weighted by Gasteiger charge is 2.08. The minimum atomic E-state index is 0.726. The second-order valence-corrected chi connectivity index (χ2v) is 5.56. The molecule has 4 nitrogen and oxygen atoms in total. The van der Waals surface area contributed by atoms with Gasteiger partial charge in [0.15, 0.2) is 23.0 Å². The van der Waals surface area contributed by atoms with Gasteiger partial charge < -0.3 is 18.9 Å². The third kappa shape index (κ3) is 4.82. The number of rotatable bonds is 9. The Morgan fingerprint density at radius 2 is 1.38 bits per heavy atom. The second-order valence-electron chi connectivity index (χ2n) is 5.56. The largest absolute Gasteiger partial charge is 0.493 e. The highest BCUT2D eigenvalue weighted by molar-refractivity contribution is 5.63. The maximum atomic E-state index is 5.46. The molecule has 0 fully saturated rings. The Balaban J connectivity index is 1.98. The van der Waals surface area contributed by atoms with Gasteiger partial charge in [0.1, 0.15) is 0 Å². The number of allylic oxidation sites excluding steroid dienone is 3. The number of aryl methyl sites for hydroxylation is 1.